The van der Waals surface area contributed by atoms with Gasteiger partial charge in [-0.3, -0.25) is 4.79 Å². The summed E-state index contributed by atoms with van der Waals surface area (Å²) in [6.45, 7) is 2.60. The molecule has 1 aromatic heterocycles. The molecule has 0 saturated carbocycles. The van der Waals surface area contributed by atoms with Crippen molar-refractivity contribution >= 4 is 22.6 Å². The summed E-state index contributed by atoms with van der Waals surface area (Å²) >= 11 is 0. The Morgan fingerprint density at radius 2 is 1.96 bits per heavy atom. The highest BCUT2D eigenvalue weighted by atomic mass is 16.2. The van der Waals surface area contributed by atoms with Crippen LogP contribution in [0.2, 0.25) is 0 Å². The lowest BCUT2D eigenvalue weighted by Crippen LogP contribution is -2.41. The van der Waals surface area contributed by atoms with Crippen LogP contribution in [0.4, 0.5) is 5.82 Å². The van der Waals surface area contributed by atoms with Crippen LogP contribution < -0.4 is 10.2 Å². The van der Waals surface area contributed by atoms with E-state index in [-0.39, 0.29) is 18.4 Å². The first-order valence-corrected chi connectivity index (χ1v) is 9.13. The average Bonchev–Trinajstić information content (AvgIpc) is 2.67. The molecular weight excluding hydrogens is 316 g/mol. The summed E-state index contributed by atoms with van der Waals surface area (Å²) in [4.78, 5) is 23.3. The molecule has 1 saturated heterocycles. The van der Waals surface area contributed by atoms with Crippen LogP contribution in [0.15, 0.2) is 30.6 Å². The summed E-state index contributed by atoms with van der Waals surface area (Å²) < 4.78 is 0. The number of aliphatic hydroxyl groups is 1. The molecule has 25 heavy (non-hydrogen) atoms. The molecule has 6 heteroatoms. The van der Waals surface area contributed by atoms with Crippen LogP contribution in [-0.2, 0) is 4.79 Å². The van der Waals surface area contributed by atoms with Crippen molar-refractivity contribution in [2.45, 2.75) is 32.1 Å². The highest BCUT2D eigenvalue weighted by molar-refractivity contribution is 5.89. The molecule has 1 aromatic carbocycles. The van der Waals surface area contributed by atoms with Crippen LogP contribution in [0.3, 0.4) is 0 Å². The average molecular weight is 342 g/mol. The number of rotatable bonds is 7. The van der Waals surface area contributed by atoms with Crippen LogP contribution in [-0.4, -0.2) is 47.2 Å². The molecule has 0 spiro atoms. The molecule has 0 radical (unpaired) electrons. The van der Waals surface area contributed by atoms with E-state index in [0.29, 0.717) is 6.54 Å². The summed E-state index contributed by atoms with van der Waals surface area (Å²) in [5.74, 6) is 1.21. The van der Waals surface area contributed by atoms with Crippen molar-refractivity contribution in [1.82, 2.24) is 15.3 Å². The van der Waals surface area contributed by atoms with E-state index in [4.69, 9.17) is 5.11 Å². The van der Waals surface area contributed by atoms with E-state index in [1.165, 1.54) is 0 Å². The van der Waals surface area contributed by atoms with Gasteiger partial charge in [0.05, 0.1) is 5.52 Å². The minimum absolute atomic E-state index is 0.0854. The van der Waals surface area contributed by atoms with Crippen molar-refractivity contribution in [3.63, 3.8) is 0 Å². The van der Waals surface area contributed by atoms with Gasteiger partial charge in [-0.1, -0.05) is 12.1 Å². The van der Waals surface area contributed by atoms with Gasteiger partial charge in [-0.2, -0.15) is 0 Å². The zero-order chi connectivity index (χ0) is 17.5. The van der Waals surface area contributed by atoms with Gasteiger partial charge in [0.1, 0.15) is 12.1 Å². The molecule has 1 amide bonds. The molecule has 2 aromatic rings. The number of hydrogen-bond acceptors (Lipinski definition) is 5. The predicted molar refractivity (Wildman–Crippen MR) is 98.4 cm³/mol. The zero-order valence-electron chi connectivity index (χ0n) is 14.5. The summed E-state index contributed by atoms with van der Waals surface area (Å²) in [6, 6.07) is 8.04. The number of anilines is 1. The molecule has 2 N–H and O–H groups in total. The quantitative estimate of drug-likeness (QED) is 0.754. The molecule has 0 bridgehead atoms. The Labute approximate surface area is 148 Å². The third-order valence-corrected chi connectivity index (χ3v) is 4.82. The van der Waals surface area contributed by atoms with E-state index in [2.05, 4.69) is 26.3 Å². The maximum absolute atomic E-state index is 12.3. The Bertz CT molecular complexity index is 693. The predicted octanol–water partition coefficient (Wildman–Crippen LogP) is 2.12. The highest BCUT2D eigenvalue weighted by Crippen LogP contribution is 2.27. The van der Waals surface area contributed by atoms with Gasteiger partial charge >= 0.3 is 0 Å². The fourth-order valence-electron chi connectivity index (χ4n) is 3.37. The zero-order valence-corrected chi connectivity index (χ0v) is 14.5. The maximum atomic E-state index is 12.3. The van der Waals surface area contributed by atoms with Crippen LogP contribution in [0.25, 0.3) is 10.9 Å². The number of nitrogens with zero attached hydrogens (tertiary/aromatic N) is 3. The number of amides is 1. The summed E-state index contributed by atoms with van der Waals surface area (Å²) in [5, 5.41) is 12.9. The number of benzene rings is 1. The number of nitrogens with one attached hydrogen (secondary N) is 1. The topological polar surface area (TPSA) is 78.4 Å². The molecule has 1 aliphatic rings. The molecule has 0 unspecified atom stereocenters. The van der Waals surface area contributed by atoms with Crippen molar-refractivity contribution in [2.24, 2.45) is 5.92 Å². The Morgan fingerprint density at radius 1 is 1.16 bits per heavy atom. The lowest BCUT2D eigenvalue weighted by molar-refractivity contribution is -0.125. The third kappa shape index (κ3) is 4.45. The number of aliphatic hydroxyl groups excluding tert-OH is 1. The third-order valence-electron chi connectivity index (χ3n) is 4.82. The first-order chi connectivity index (χ1) is 12.3. The van der Waals surface area contributed by atoms with Crippen LogP contribution in [0.1, 0.15) is 32.1 Å². The molecule has 1 aliphatic heterocycles. The van der Waals surface area contributed by atoms with E-state index < -0.39 is 0 Å². The smallest absolute Gasteiger partial charge is 0.223 e. The lowest BCUT2D eigenvalue weighted by atomic mass is 9.95. The maximum Gasteiger partial charge on any atom is 0.223 e. The number of unbranched alkanes of at least 4 members (excludes halogenated alkanes) is 2. The number of aromatic nitrogens is 2. The number of hydrogen-bond donors (Lipinski definition) is 2. The van der Waals surface area contributed by atoms with Gasteiger partial charge in [-0.25, -0.2) is 9.97 Å². The number of carbonyl (C=O) groups is 1. The second-order valence-corrected chi connectivity index (χ2v) is 6.55. The molecule has 0 atom stereocenters. The number of piperidine rings is 1. The van der Waals surface area contributed by atoms with E-state index in [9.17, 15) is 4.79 Å². The molecule has 134 valence electrons. The van der Waals surface area contributed by atoms with Crippen LogP contribution in [0, 0.1) is 5.92 Å². The fraction of sp³-hybridized carbons (Fsp3) is 0.526. The van der Waals surface area contributed by atoms with Crippen molar-refractivity contribution in [2.75, 3.05) is 31.1 Å². The first kappa shape index (κ1) is 17.6. The number of para-hydroxylation sites is 1. The summed E-state index contributed by atoms with van der Waals surface area (Å²) in [7, 11) is 0. The SMILES string of the molecule is O=C(NCCCCCO)C1CCN(c2ncnc3ccccc23)CC1. The van der Waals surface area contributed by atoms with Gasteiger partial charge in [0.15, 0.2) is 0 Å². The Kier molecular flexibility index (Phi) is 6.17. The minimum atomic E-state index is 0.0854. The van der Waals surface area contributed by atoms with E-state index in [1.807, 2.05) is 18.2 Å². The largest absolute Gasteiger partial charge is 0.396 e. The fourth-order valence-corrected chi connectivity index (χ4v) is 3.37. The van der Waals surface area contributed by atoms with Crippen molar-refractivity contribution in [3.05, 3.63) is 30.6 Å². The normalized spacial score (nSPS) is 15.5. The van der Waals surface area contributed by atoms with Gasteiger partial charge in [-0.15, -0.1) is 0 Å². The number of carbonyl (C=O) groups excluding carboxylic acids is 1. The molecule has 0 aliphatic carbocycles. The highest BCUT2D eigenvalue weighted by Gasteiger charge is 2.26. The number of fused-ring (bicyclic) bond motifs is 1. The molecular formula is C19H26N4O2. The molecule has 1 fully saturated rings. The second-order valence-electron chi connectivity index (χ2n) is 6.55. The first-order valence-electron chi connectivity index (χ1n) is 9.13. The van der Waals surface area contributed by atoms with Gasteiger partial charge in [-0.05, 0) is 44.2 Å². The van der Waals surface area contributed by atoms with Crippen molar-refractivity contribution in [3.8, 4) is 0 Å². The Morgan fingerprint density at radius 3 is 2.76 bits per heavy atom. The second kappa shape index (κ2) is 8.76. The van der Waals surface area contributed by atoms with Crippen molar-refractivity contribution in [1.29, 1.82) is 0 Å². The van der Waals surface area contributed by atoms with Gasteiger partial charge in [0, 0.05) is 37.5 Å². The lowest BCUT2D eigenvalue weighted by Gasteiger charge is -2.32. The Balaban J connectivity index is 1.52. The summed E-state index contributed by atoms with van der Waals surface area (Å²) in [5.41, 5.74) is 0.954. The van der Waals surface area contributed by atoms with Crippen molar-refractivity contribution < 1.29 is 9.90 Å². The van der Waals surface area contributed by atoms with Gasteiger partial charge in [0.2, 0.25) is 5.91 Å². The van der Waals surface area contributed by atoms with Crippen LogP contribution in [0.5, 0.6) is 0 Å². The van der Waals surface area contributed by atoms with E-state index in [0.717, 1.165) is 61.9 Å². The van der Waals surface area contributed by atoms with Gasteiger partial charge in [0.25, 0.3) is 0 Å². The van der Waals surface area contributed by atoms with E-state index >= 15 is 0 Å². The van der Waals surface area contributed by atoms with E-state index in [1.54, 1.807) is 6.33 Å². The van der Waals surface area contributed by atoms with Crippen LogP contribution >= 0.6 is 0 Å². The minimum Gasteiger partial charge on any atom is -0.396 e. The Hall–Kier alpha value is -2.21. The molecule has 2 heterocycles. The molecule has 6 nitrogen and oxygen atoms in total. The monoisotopic (exact) mass is 342 g/mol. The molecule has 3 rings (SSSR count). The standard InChI is InChI=1S/C19H26N4O2/c24-13-5-1-4-10-20-19(25)15-8-11-23(12-9-15)18-16-6-2-3-7-17(16)21-14-22-18/h2-3,6-7,14-15,24H,1,4-5,8-13H2,(H,20,25). The van der Waals surface area contributed by atoms with Gasteiger partial charge < -0.3 is 15.3 Å². The summed E-state index contributed by atoms with van der Waals surface area (Å²) in [6.07, 6.45) is 6.00.